The van der Waals surface area contributed by atoms with Gasteiger partial charge in [0.1, 0.15) is 11.6 Å². The Morgan fingerprint density at radius 1 is 1.41 bits per heavy atom. The Hall–Kier alpha value is -1.16. The van der Waals surface area contributed by atoms with Crippen molar-refractivity contribution in [1.82, 2.24) is 9.21 Å². The Balaban J connectivity index is 2.19. The van der Waals surface area contributed by atoms with Crippen molar-refractivity contribution in [3.8, 4) is 6.07 Å². The van der Waals surface area contributed by atoms with Crippen molar-refractivity contribution >= 4 is 11.9 Å². The molecule has 6 heteroatoms. The van der Waals surface area contributed by atoms with Crippen LogP contribution in [0.3, 0.4) is 0 Å². The highest BCUT2D eigenvalue weighted by molar-refractivity contribution is 7.97. The Morgan fingerprint density at radius 2 is 2.06 bits per heavy atom. The first-order valence-corrected chi connectivity index (χ1v) is 5.99. The fraction of sp³-hybridized carbons (Fsp3) is 0.364. The fourth-order valence-corrected chi connectivity index (χ4v) is 2.46. The van der Waals surface area contributed by atoms with Gasteiger partial charge in [0, 0.05) is 12.1 Å². The second kappa shape index (κ2) is 5.00. The van der Waals surface area contributed by atoms with Crippen LogP contribution in [0, 0.1) is 23.0 Å². The maximum atomic E-state index is 13.6. The molecule has 0 aliphatic carbocycles. The molecule has 1 aromatic rings. The molecule has 0 spiro atoms. The third kappa shape index (κ3) is 2.75. The molecule has 1 saturated heterocycles. The van der Waals surface area contributed by atoms with E-state index in [1.165, 1.54) is 0 Å². The Bertz CT molecular complexity index is 449. The zero-order valence-corrected chi connectivity index (χ0v) is 10.1. The van der Waals surface area contributed by atoms with E-state index in [2.05, 4.69) is 0 Å². The summed E-state index contributed by atoms with van der Waals surface area (Å²) in [5.74, 6) is -0.586. The van der Waals surface area contributed by atoms with Crippen LogP contribution < -0.4 is 0 Å². The fourth-order valence-electron chi connectivity index (χ4n) is 1.68. The highest BCUT2D eigenvalue weighted by Gasteiger charge is 2.21. The summed E-state index contributed by atoms with van der Waals surface area (Å²) in [6, 6.07) is 3.88. The van der Waals surface area contributed by atoms with Gasteiger partial charge in [-0.1, -0.05) is 11.9 Å². The van der Waals surface area contributed by atoms with Gasteiger partial charge in [0.15, 0.2) is 0 Å². The largest absolute Gasteiger partial charge is 0.275 e. The number of nitriles is 1. The van der Waals surface area contributed by atoms with Crippen molar-refractivity contribution in [1.29, 1.82) is 5.26 Å². The molecule has 0 radical (unpaired) electrons. The quantitative estimate of drug-likeness (QED) is 0.757. The number of nitrogens with zero attached hydrogens (tertiary/aromatic N) is 3. The highest BCUT2D eigenvalue weighted by atomic mass is 32.2. The van der Waals surface area contributed by atoms with Gasteiger partial charge < -0.3 is 0 Å². The number of rotatable bonds is 2. The van der Waals surface area contributed by atoms with E-state index in [-0.39, 0.29) is 17.7 Å². The van der Waals surface area contributed by atoms with Crippen molar-refractivity contribution in [3.05, 3.63) is 34.9 Å². The molecule has 0 saturated carbocycles. The molecule has 1 fully saturated rings. The Kier molecular flexibility index (Phi) is 3.62. The highest BCUT2D eigenvalue weighted by Crippen LogP contribution is 2.23. The van der Waals surface area contributed by atoms with Gasteiger partial charge in [0.25, 0.3) is 0 Å². The molecule has 0 amide bonds. The van der Waals surface area contributed by atoms with Crippen LogP contribution in [0.15, 0.2) is 12.1 Å². The van der Waals surface area contributed by atoms with Gasteiger partial charge >= 0.3 is 0 Å². The molecule has 0 atom stereocenters. The maximum Gasteiger partial charge on any atom is 0.131 e. The monoisotopic (exact) mass is 255 g/mol. The van der Waals surface area contributed by atoms with E-state index in [4.69, 9.17) is 5.26 Å². The molecular formula is C11H11F2N3S. The standard InChI is InChI=1S/C11H11F2N3S/c1-15-6-16(7-17-15)5-9-10(12)2-8(4-14)3-11(9)13/h2-3H,5-7H2,1H3. The van der Waals surface area contributed by atoms with Crippen LogP contribution in [0.2, 0.25) is 0 Å². The first-order valence-electron chi connectivity index (χ1n) is 5.04. The first-order chi connectivity index (χ1) is 8.10. The summed E-state index contributed by atoms with van der Waals surface area (Å²) < 4.78 is 29.2. The van der Waals surface area contributed by atoms with Crippen LogP contribution in [-0.4, -0.2) is 28.8 Å². The number of benzene rings is 1. The summed E-state index contributed by atoms with van der Waals surface area (Å²) in [5, 5.41) is 8.59. The molecule has 1 aliphatic rings. The molecule has 2 rings (SSSR count). The van der Waals surface area contributed by atoms with Crippen LogP contribution in [0.5, 0.6) is 0 Å². The molecule has 0 N–H and O–H groups in total. The van der Waals surface area contributed by atoms with Crippen molar-refractivity contribution in [2.24, 2.45) is 0 Å². The molecule has 0 bridgehead atoms. The van der Waals surface area contributed by atoms with E-state index >= 15 is 0 Å². The van der Waals surface area contributed by atoms with Gasteiger partial charge in [0.2, 0.25) is 0 Å². The lowest BCUT2D eigenvalue weighted by atomic mass is 10.1. The van der Waals surface area contributed by atoms with E-state index in [9.17, 15) is 8.78 Å². The zero-order valence-electron chi connectivity index (χ0n) is 9.28. The van der Waals surface area contributed by atoms with Gasteiger partial charge in [-0.15, -0.1) is 0 Å². The van der Waals surface area contributed by atoms with Crippen molar-refractivity contribution in [2.75, 3.05) is 19.6 Å². The molecular weight excluding hydrogens is 244 g/mol. The van der Waals surface area contributed by atoms with E-state index in [1.54, 1.807) is 18.0 Å². The van der Waals surface area contributed by atoms with Crippen molar-refractivity contribution in [3.63, 3.8) is 0 Å². The summed E-state index contributed by atoms with van der Waals surface area (Å²) in [4.78, 5) is 1.93. The van der Waals surface area contributed by atoms with E-state index in [0.29, 0.717) is 6.67 Å². The van der Waals surface area contributed by atoms with Crippen LogP contribution in [-0.2, 0) is 6.54 Å². The first kappa shape index (κ1) is 12.3. The average molecular weight is 255 g/mol. The molecule has 1 aliphatic heterocycles. The minimum Gasteiger partial charge on any atom is -0.275 e. The topological polar surface area (TPSA) is 30.3 Å². The van der Waals surface area contributed by atoms with Crippen LogP contribution in [0.1, 0.15) is 11.1 Å². The predicted molar refractivity (Wildman–Crippen MR) is 61.7 cm³/mol. The number of hydrogen-bond donors (Lipinski definition) is 0. The van der Waals surface area contributed by atoms with E-state index < -0.39 is 11.6 Å². The van der Waals surface area contributed by atoms with Crippen molar-refractivity contribution < 1.29 is 8.78 Å². The van der Waals surface area contributed by atoms with Crippen molar-refractivity contribution in [2.45, 2.75) is 6.54 Å². The van der Waals surface area contributed by atoms with Gasteiger partial charge in [-0.25, -0.2) is 13.1 Å². The molecule has 0 aromatic heterocycles. The molecule has 1 aromatic carbocycles. The second-order valence-electron chi connectivity index (χ2n) is 3.89. The summed E-state index contributed by atoms with van der Waals surface area (Å²) in [7, 11) is 1.93. The summed E-state index contributed by atoms with van der Waals surface area (Å²) >= 11 is 1.61. The Morgan fingerprint density at radius 3 is 2.53 bits per heavy atom. The average Bonchev–Trinajstić information content (AvgIpc) is 2.69. The molecule has 1 heterocycles. The second-order valence-corrected chi connectivity index (χ2v) is 5.03. The van der Waals surface area contributed by atoms with E-state index in [1.807, 2.05) is 16.3 Å². The summed E-state index contributed by atoms with van der Waals surface area (Å²) in [6.07, 6.45) is 0. The Labute approximate surface area is 103 Å². The minimum atomic E-state index is -0.652. The third-order valence-electron chi connectivity index (χ3n) is 2.51. The van der Waals surface area contributed by atoms with Crippen LogP contribution >= 0.6 is 11.9 Å². The zero-order chi connectivity index (χ0) is 12.4. The number of hydrogen-bond acceptors (Lipinski definition) is 4. The lowest BCUT2D eigenvalue weighted by Crippen LogP contribution is -2.23. The SMILES string of the molecule is CN1CN(Cc2c(F)cc(C#N)cc2F)CS1. The molecule has 0 unspecified atom stereocenters. The summed E-state index contributed by atoms with van der Waals surface area (Å²) in [5.41, 5.74) is 0.0385. The van der Waals surface area contributed by atoms with Gasteiger partial charge in [-0.3, -0.25) is 4.90 Å². The predicted octanol–water partition coefficient (Wildman–Crippen LogP) is 2.15. The van der Waals surface area contributed by atoms with Gasteiger partial charge in [-0.2, -0.15) is 5.26 Å². The van der Waals surface area contributed by atoms with Gasteiger partial charge in [-0.05, 0) is 19.2 Å². The lowest BCUT2D eigenvalue weighted by Gasteiger charge is -2.15. The van der Waals surface area contributed by atoms with Crippen LogP contribution in [0.25, 0.3) is 0 Å². The lowest BCUT2D eigenvalue weighted by molar-refractivity contribution is 0.267. The molecule has 17 heavy (non-hydrogen) atoms. The number of halogens is 2. The third-order valence-corrected chi connectivity index (χ3v) is 3.55. The molecule has 90 valence electrons. The van der Waals surface area contributed by atoms with Crippen LogP contribution in [0.4, 0.5) is 8.78 Å². The normalized spacial score (nSPS) is 17.3. The van der Waals surface area contributed by atoms with Gasteiger partial charge in [0.05, 0.1) is 24.2 Å². The molecule has 3 nitrogen and oxygen atoms in total. The van der Waals surface area contributed by atoms with E-state index in [0.717, 1.165) is 18.0 Å². The minimum absolute atomic E-state index is 0.0108. The summed E-state index contributed by atoms with van der Waals surface area (Å²) in [6.45, 7) is 0.893. The maximum absolute atomic E-state index is 13.6. The smallest absolute Gasteiger partial charge is 0.131 e.